The number of amides is 2. The number of nitrogens with zero attached hydrogens (tertiary/aromatic N) is 1. The lowest BCUT2D eigenvalue weighted by atomic mass is 10.1. The molecule has 0 bridgehead atoms. The largest absolute Gasteiger partial charge is 0.370 e. The van der Waals surface area contributed by atoms with Crippen molar-refractivity contribution in [2.75, 3.05) is 11.5 Å². The maximum Gasteiger partial charge on any atom is 0.221 e. The Morgan fingerprint density at radius 1 is 0.967 bits per heavy atom. The average molecular weight is 446 g/mol. The molecule has 0 aliphatic carbocycles. The second kappa shape index (κ2) is 13.8. The summed E-state index contributed by atoms with van der Waals surface area (Å²) in [6.07, 6.45) is 2.01. The molecule has 0 unspecified atom stereocenters. The predicted molar refractivity (Wildman–Crippen MR) is 123 cm³/mol. The summed E-state index contributed by atoms with van der Waals surface area (Å²) >= 11 is 3.27. The minimum atomic E-state index is -0.504. The molecule has 2 amide bonds. The van der Waals surface area contributed by atoms with Gasteiger partial charge in [-0.05, 0) is 24.1 Å². The number of carbonyl (C=O) groups excluding carboxylic acids is 3. The van der Waals surface area contributed by atoms with Crippen LogP contribution in [0.15, 0.2) is 48.5 Å². The highest BCUT2D eigenvalue weighted by molar-refractivity contribution is 7.98. The third-order valence-corrected chi connectivity index (χ3v) is 6.13. The van der Waals surface area contributed by atoms with Crippen LogP contribution in [0.3, 0.4) is 0 Å². The Morgan fingerprint density at radius 3 is 2.20 bits per heavy atom. The molecule has 6 nitrogen and oxygen atoms in total. The summed E-state index contributed by atoms with van der Waals surface area (Å²) in [6, 6.07) is 15.0. The Bertz CT molecular complexity index is 818. The van der Waals surface area contributed by atoms with Gasteiger partial charge in [0.1, 0.15) is 6.29 Å². The fourth-order valence-corrected chi connectivity index (χ4v) is 4.37. The van der Waals surface area contributed by atoms with Gasteiger partial charge in [0.15, 0.2) is 0 Å². The first-order valence-electron chi connectivity index (χ1n) is 9.74. The van der Waals surface area contributed by atoms with Crippen molar-refractivity contribution in [3.05, 3.63) is 65.5 Å². The van der Waals surface area contributed by atoms with Crippen LogP contribution < -0.4 is 11.1 Å². The van der Waals surface area contributed by atoms with Gasteiger partial charge in [0.05, 0.1) is 17.4 Å². The van der Waals surface area contributed by atoms with E-state index in [-0.39, 0.29) is 11.8 Å². The summed E-state index contributed by atoms with van der Waals surface area (Å²) in [4.78, 5) is 38.8. The monoisotopic (exact) mass is 445 g/mol. The Kier molecular flexibility index (Phi) is 11.0. The molecule has 1 atom stereocenters. The quantitative estimate of drug-likeness (QED) is 0.342. The molecule has 1 aromatic carbocycles. The summed E-state index contributed by atoms with van der Waals surface area (Å²) in [6.45, 7) is 0. The molecular formula is C22H27N3O3S2. The molecule has 8 heteroatoms. The normalized spacial score (nSPS) is 11.6. The first-order chi connectivity index (χ1) is 14.6. The number of hydrogen-bond acceptors (Lipinski definition) is 6. The van der Waals surface area contributed by atoms with Crippen molar-refractivity contribution in [3.63, 3.8) is 0 Å². The summed E-state index contributed by atoms with van der Waals surface area (Å²) in [5.74, 6) is 2.39. The van der Waals surface area contributed by atoms with Gasteiger partial charge in [0, 0.05) is 35.9 Å². The molecule has 1 aromatic heterocycles. The smallest absolute Gasteiger partial charge is 0.221 e. The lowest BCUT2D eigenvalue weighted by molar-refractivity contribution is -0.123. The van der Waals surface area contributed by atoms with Crippen molar-refractivity contribution in [1.29, 1.82) is 0 Å². The lowest BCUT2D eigenvalue weighted by Crippen LogP contribution is -2.37. The standard InChI is InChI=1S/C22H27N3O3S2/c23-21(27)9-11-29-15-18-7-4-8-19(24-18)16-30-12-10-22(28)25-20(14-26)13-17-5-2-1-3-6-17/h1-8,14,20H,9-13,15-16H2,(H2,23,27)(H,25,28)/t20-/m0/s1. The number of nitrogens with one attached hydrogen (secondary N) is 1. The fraction of sp³-hybridized carbons (Fsp3) is 0.364. The van der Waals surface area contributed by atoms with Crippen molar-refractivity contribution < 1.29 is 14.4 Å². The third kappa shape index (κ3) is 9.93. The lowest BCUT2D eigenvalue weighted by Gasteiger charge is -2.13. The molecule has 30 heavy (non-hydrogen) atoms. The van der Waals surface area contributed by atoms with Crippen LogP contribution in [0.4, 0.5) is 0 Å². The molecule has 2 aromatic rings. The SMILES string of the molecule is NC(=O)CCSCc1cccc(CSCCC(=O)N[C@H](C=O)Cc2ccccc2)n1. The summed E-state index contributed by atoms with van der Waals surface area (Å²) in [5, 5.41) is 2.79. The molecule has 0 aliphatic rings. The van der Waals surface area contributed by atoms with E-state index in [4.69, 9.17) is 5.73 Å². The Morgan fingerprint density at radius 2 is 1.60 bits per heavy atom. The van der Waals surface area contributed by atoms with Crippen molar-refractivity contribution in [3.8, 4) is 0 Å². The molecule has 0 saturated heterocycles. The van der Waals surface area contributed by atoms with E-state index in [2.05, 4.69) is 10.3 Å². The summed E-state index contributed by atoms with van der Waals surface area (Å²) in [7, 11) is 0. The number of nitrogens with two attached hydrogens (primary N) is 1. The van der Waals surface area contributed by atoms with E-state index in [9.17, 15) is 14.4 Å². The number of rotatable bonds is 14. The Balaban J connectivity index is 1.66. The molecule has 0 saturated carbocycles. The van der Waals surface area contributed by atoms with E-state index in [1.165, 1.54) is 0 Å². The zero-order chi connectivity index (χ0) is 21.6. The van der Waals surface area contributed by atoms with Crippen LogP contribution in [-0.2, 0) is 32.3 Å². The van der Waals surface area contributed by atoms with Crippen molar-refractivity contribution >= 4 is 41.6 Å². The van der Waals surface area contributed by atoms with Crippen LogP contribution in [-0.4, -0.2) is 40.6 Å². The van der Waals surface area contributed by atoms with Crippen LogP contribution in [0, 0.1) is 0 Å². The molecular weight excluding hydrogens is 418 g/mol. The van der Waals surface area contributed by atoms with Gasteiger partial charge in [-0.3, -0.25) is 14.6 Å². The molecule has 2 rings (SSSR count). The summed E-state index contributed by atoms with van der Waals surface area (Å²) < 4.78 is 0. The highest BCUT2D eigenvalue weighted by Gasteiger charge is 2.12. The van der Waals surface area contributed by atoms with E-state index in [1.807, 2.05) is 48.5 Å². The number of pyridine rings is 1. The molecule has 0 fully saturated rings. The number of carbonyl (C=O) groups is 3. The number of benzene rings is 1. The minimum absolute atomic E-state index is 0.122. The van der Waals surface area contributed by atoms with Crippen molar-refractivity contribution in [2.24, 2.45) is 5.73 Å². The highest BCUT2D eigenvalue weighted by atomic mass is 32.2. The number of thioether (sulfide) groups is 2. The van der Waals surface area contributed by atoms with Crippen molar-refractivity contribution in [1.82, 2.24) is 10.3 Å². The topological polar surface area (TPSA) is 102 Å². The van der Waals surface area contributed by atoms with E-state index < -0.39 is 6.04 Å². The van der Waals surface area contributed by atoms with Crippen LogP contribution in [0.2, 0.25) is 0 Å². The van der Waals surface area contributed by atoms with Gasteiger partial charge >= 0.3 is 0 Å². The number of hydrogen-bond donors (Lipinski definition) is 2. The average Bonchev–Trinajstić information content (AvgIpc) is 2.75. The van der Waals surface area contributed by atoms with Gasteiger partial charge in [-0.1, -0.05) is 36.4 Å². The van der Waals surface area contributed by atoms with Crippen LogP contribution in [0.5, 0.6) is 0 Å². The molecule has 0 spiro atoms. The number of primary amides is 1. The van der Waals surface area contributed by atoms with Gasteiger partial charge in [-0.15, -0.1) is 0 Å². The van der Waals surface area contributed by atoms with Gasteiger partial charge in [0.25, 0.3) is 0 Å². The number of aromatic nitrogens is 1. The van der Waals surface area contributed by atoms with Gasteiger partial charge in [-0.25, -0.2) is 0 Å². The van der Waals surface area contributed by atoms with Crippen molar-refractivity contribution in [2.45, 2.75) is 36.8 Å². The molecule has 160 valence electrons. The first kappa shape index (κ1) is 24.0. The number of aldehydes is 1. The molecule has 3 N–H and O–H groups in total. The molecule has 0 radical (unpaired) electrons. The second-order valence-electron chi connectivity index (χ2n) is 6.69. The van der Waals surface area contributed by atoms with E-state index in [0.29, 0.717) is 36.5 Å². The van der Waals surface area contributed by atoms with Crippen LogP contribution in [0.25, 0.3) is 0 Å². The fourth-order valence-electron chi connectivity index (χ4n) is 2.66. The van der Waals surface area contributed by atoms with Gasteiger partial charge in [-0.2, -0.15) is 23.5 Å². The second-order valence-corrected chi connectivity index (χ2v) is 8.90. The van der Waals surface area contributed by atoms with E-state index >= 15 is 0 Å². The van der Waals surface area contributed by atoms with E-state index in [1.54, 1.807) is 23.5 Å². The van der Waals surface area contributed by atoms with Gasteiger partial charge in [0.2, 0.25) is 11.8 Å². The van der Waals surface area contributed by atoms with E-state index in [0.717, 1.165) is 29.0 Å². The highest BCUT2D eigenvalue weighted by Crippen LogP contribution is 2.15. The van der Waals surface area contributed by atoms with Gasteiger partial charge < -0.3 is 15.8 Å². The zero-order valence-corrected chi connectivity index (χ0v) is 18.4. The predicted octanol–water partition coefficient (Wildman–Crippen LogP) is 2.74. The molecule has 0 aliphatic heterocycles. The van der Waals surface area contributed by atoms with Crippen LogP contribution >= 0.6 is 23.5 Å². The first-order valence-corrected chi connectivity index (χ1v) is 12.0. The Hall–Kier alpha value is -2.32. The Labute approximate surface area is 185 Å². The maximum absolute atomic E-state index is 12.1. The molecule has 1 heterocycles. The summed E-state index contributed by atoms with van der Waals surface area (Å²) in [5.41, 5.74) is 8.08. The van der Waals surface area contributed by atoms with Crippen LogP contribution in [0.1, 0.15) is 29.8 Å². The third-order valence-electron chi connectivity index (χ3n) is 4.14. The minimum Gasteiger partial charge on any atom is -0.370 e. The maximum atomic E-state index is 12.1. The zero-order valence-electron chi connectivity index (χ0n) is 16.8.